The Bertz CT molecular complexity index is 509. The standard InChI is InChI=1S/C20H26O2/c1-7-15(5)13-21-19-11-18(10-4)20(12-17(19)9-3)22-14-16(6)8-2/h3-4,11-12,15-16H,7-8,13-14H2,1-2,5-6H3/t15-,16-/m1/s1. The van der Waals surface area contributed by atoms with Crippen LogP contribution in [0.5, 0.6) is 11.5 Å². The molecule has 1 rings (SSSR count). The molecule has 1 aromatic carbocycles. The number of ether oxygens (including phenoxy) is 2. The average molecular weight is 298 g/mol. The molecule has 0 aliphatic carbocycles. The van der Waals surface area contributed by atoms with Crippen molar-refractivity contribution in [2.45, 2.75) is 40.5 Å². The average Bonchev–Trinajstić information content (AvgIpc) is 2.56. The Morgan fingerprint density at radius 3 is 1.50 bits per heavy atom. The molecule has 0 spiro atoms. The van der Waals surface area contributed by atoms with E-state index in [0.29, 0.717) is 47.7 Å². The van der Waals surface area contributed by atoms with Gasteiger partial charge < -0.3 is 9.47 Å². The predicted molar refractivity (Wildman–Crippen MR) is 92.2 cm³/mol. The summed E-state index contributed by atoms with van der Waals surface area (Å²) in [7, 11) is 0. The normalized spacial score (nSPS) is 12.8. The second kappa shape index (κ2) is 9.06. The molecule has 1 aromatic rings. The maximum atomic E-state index is 5.83. The van der Waals surface area contributed by atoms with E-state index < -0.39 is 0 Å². The molecule has 2 nitrogen and oxygen atoms in total. The summed E-state index contributed by atoms with van der Waals surface area (Å²) in [6.45, 7) is 9.80. The highest BCUT2D eigenvalue weighted by atomic mass is 16.5. The molecule has 22 heavy (non-hydrogen) atoms. The van der Waals surface area contributed by atoms with Crippen molar-refractivity contribution in [2.75, 3.05) is 13.2 Å². The van der Waals surface area contributed by atoms with Gasteiger partial charge in [-0.1, -0.05) is 52.4 Å². The van der Waals surface area contributed by atoms with Crippen LogP contribution >= 0.6 is 0 Å². The van der Waals surface area contributed by atoms with Gasteiger partial charge in [0.2, 0.25) is 0 Å². The van der Waals surface area contributed by atoms with Gasteiger partial charge in [-0.3, -0.25) is 0 Å². The van der Waals surface area contributed by atoms with Crippen LogP contribution in [-0.2, 0) is 0 Å². The Labute approximate surface area is 135 Å². The lowest BCUT2D eigenvalue weighted by Crippen LogP contribution is -2.10. The first-order valence-electron chi connectivity index (χ1n) is 7.92. The summed E-state index contributed by atoms with van der Waals surface area (Å²) in [6.07, 6.45) is 13.3. The van der Waals surface area contributed by atoms with E-state index in [1.807, 2.05) is 12.1 Å². The second-order valence-electron chi connectivity index (χ2n) is 5.78. The lowest BCUT2D eigenvalue weighted by atomic mass is 10.1. The van der Waals surface area contributed by atoms with E-state index >= 15 is 0 Å². The maximum absolute atomic E-state index is 5.83. The molecule has 2 atom stereocenters. The topological polar surface area (TPSA) is 18.5 Å². The van der Waals surface area contributed by atoms with Crippen molar-refractivity contribution >= 4 is 0 Å². The van der Waals surface area contributed by atoms with Crippen LogP contribution in [0.25, 0.3) is 0 Å². The van der Waals surface area contributed by atoms with Crippen LogP contribution in [0.15, 0.2) is 12.1 Å². The summed E-state index contributed by atoms with van der Waals surface area (Å²) in [6, 6.07) is 3.62. The highest BCUT2D eigenvalue weighted by Crippen LogP contribution is 2.29. The van der Waals surface area contributed by atoms with E-state index in [1.165, 1.54) is 0 Å². The molecule has 0 aromatic heterocycles. The zero-order valence-corrected chi connectivity index (χ0v) is 14.1. The van der Waals surface area contributed by atoms with Crippen molar-refractivity contribution in [1.82, 2.24) is 0 Å². The Hall–Kier alpha value is -2.06. The van der Waals surface area contributed by atoms with Gasteiger partial charge in [0, 0.05) is 12.1 Å². The zero-order valence-electron chi connectivity index (χ0n) is 14.1. The molecule has 0 heterocycles. The highest BCUT2D eigenvalue weighted by molar-refractivity contribution is 5.57. The third-order valence-corrected chi connectivity index (χ3v) is 3.83. The Morgan fingerprint density at radius 1 is 0.864 bits per heavy atom. The molecule has 0 saturated heterocycles. The third-order valence-electron chi connectivity index (χ3n) is 3.83. The molecule has 0 bridgehead atoms. The molecule has 0 unspecified atom stereocenters. The van der Waals surface area contributed by atoms with Gasteiger partial charge in [0.1, 0.15) is 11.5 Å². The van der Waals surface area contributed by atoms with Crippen molar-refractivity contribution in [3.05, 3.63) is 23.3 Å². The predicted octanol–water partition coefficient (Wildman–Crippen LogP) is 4.50. The summed E-state index contributed by atoms with van der Waals surface area (Å²) in [5.74, 6) is 7.58. The van der Waals surface area contributed by atoms with Gasteiger partial charge in [0.05, 0.1) is 24.3 Å². The summed E-state index contributed by atoms with van der Waals surface area (Å²) < 4.78 is 11.7. The van der Waals surface area contributed by atoms with E-state index in [0.717, 1.165) is 12.8 Å². The number of rotatable bonds is 8. The monoisotopic (exact) mass is 298 g/mol. The summed E-state index contributed by atoms with van der Waals surface area (Å²) in [5, 5.41) is 0. The van der Waals surface area contributed by atoms with Gasteiger partial charge in [-0.15, -0.1) is 12.8 Å². The summed E-state index contributed by atoms with van der Waals surface area (Å²) in [4.78, 5) is 0. The fraction of sp³-hybridized carbons (Fsp3) is 0.500. The molecule has 118 valence electrons. The Balaban J connectivity index is 2.98. The van der Waals surface area contributed by atoms with Gasteiger partial charge in [0.25, 0.3) is 0 Å². The largest absolute Gasteiger partial charge is 0.492 e. The first kappa shape index (κ1) is 18.0. The van der Waals surface area contributed by atoms with Gasteiger partial charge in [0.15, 0.2) is 0 Å². The molecule has 0 saturated carbocycles. The van der Waals surface area contributed by atoms with Crippen molar-refractivity contribution in [2.24, 2.45) is 11.8 Å². The van der Waals surface area contributed by atoms with Crippen LogP contribution in [0, 0.1) is 36.5 Å². The van der Waals surface area contributed by atoms with Crippen LogP contribution in [-0.4, -0.2) is 13.2 Å². The quantitative estimate of drug-likeness (QED) is 0.658. The fourth-order valence-corrected chi connectivity index (χ4v) is 1.72. The number of hydrogen-bond acceptors (Lipinski definition) is 2. The molecule has 0 fully saturated rings. The van der Waals surface area contributed by atoms with Crippen LogP contribution in [0.4, 0.5) is 0 Å². The minimum absolute atomic E-state index is 0.473. The first-order valence-corrected chi connectivity index (χ1v) is 7.92. The molecule has 0 radical (unpaired) electrons. The van der Waals surface area contributed by atoms with E-state index in [-0.39, 0.29) is 0 Å². The van der Waals surface area contributed by atoms with Crippen molar-refractivity contribution in [3.8, 4) is 36.2 Å². The van der Waals surface area contributed by atoms with Crippen LogP contribution < -0.4 is 9.47 Å². The van der Waals surface area contributed by atoms with Crippen LogP contribution in [0.1, 0.15) is 51.7 Å². The van der Waals surface area contributed by atoms with E-state index in [9.17, 15) is 0 Å². The fourth-order valence-electron chi connectivity index (χ4n) is 1.72. The van der Waals surface area contributed by atoms with E-state index in [2.05, 4.69) is 39.5 Å². The third kappa shape index (κ3) is 5.05. The van der Waals surface area contributed by atoms with Crippen LogP contribution in [0.2, 0.25) is 0 Å². The van der Waals surface area contributed by atoms with Gasteiger partial charge in [-0.05, 0) is 11.8 Å². The highest BCUT2D eigenvalue weighted by Gasteiger charge is 2.12. The Morgan fingerprint density at radius 2 is 1.23 bits per heavy atom. The maximum Gasteiger partial charge on any atom is 0.136 e. The smallest absolute Gasteiger partial charge is 0.136 e. The second-order valence-corrected chi connectivity index (χ2v) is 5.78. The van der Waals surface area contributed by atoms with Crippen molar-refractivity contribution in [3.63, 3.8) is 0 Å². The summed E-state index contributed by atoms with van der Waals surface area (Å²) in [5.41, 5.74) is 1.36. The van der Waals surface area contributed by atoms with Gasteiger partial charge in [-0.2, -0.15) is 0 Å². The SMILES string of the molecule is C#Cc1cc(OC[C@H](C)CC)c(C#C)cc1OC[C@H](C)CC. The van der Waals surface area contributed by atoms with Gasteiger partial charge >= 0.3 is 0 Å². The number of terminal acetylenes is 2. The molecule has 0 amide bonds. The van der Waals surface area contributed by atoms with E-state index in [1.54, 1.807) is 0 Å². The van der Waals surface area contributed by atoms with Crippen molar-refractivity contribution in [1.29, 1.82) is 0 Å². The van der Waals surface area contributed by atoms with Crippen molar-refractivity contribution < 1.29 is 9.47 Å². The zero-order chi connectivity index (χ0) is 16.5. The van der Waals surface area contributed by atoms with Crippen LogP contribution in [0.3, 0.4) is 0 Å². The first-order chi connectivity index (χ1) is 10.5. The van der Waals surface area contributed by atoms with Gasteiger partial charge in [-0.25, -0.2) is 0 Å². The Kier molecular flexibility index (Phi) is 7.41. The molecule has 0 N–H and O–H groups in total. The molecule has 2 heteroatoms. The molecule has 0 aliphatic rings. The number of benzene rings is 1. The number of hydrogen-bond donors (Lipinski definition) is 0. The molecular weight excluding hydrogens is 272 g/mol. The minimum atomic E-state index is 0.473. The lowest BCUT2D eigenvalue weighted by molar-refractivity contribution is 0.249. The van der Waals surface area contributed by atoms with E-state index in [4.69, 9.17) is 22.3 Å². The lowest BCUT2D eigenvalue weighted by Gasteiger charge is -2.16. The molecule has 0 aliphatic heterocycles. The minimum Gasteiger partial charge on any atom is -0.492 e. The summed E-state index contributed by atoms with van der Waals surface area (Å²) >= 11 is 0. The molecular formula is C20H26O2.